The second-order valence-corrected chi connectivity index (χ2v) is 6.72. The molecule has 0 saturated heterocycles. The van der Waals surface area contributed by atoms with Crippen molar-refractivity contribution in [3.63, 3.8) is 0 Å². The van der Waals surface area contributed by atoms with E-state index < -0.39 is 11.7 Å². The number of hydrogen-bond acceptors (Lipinski definition) is 4. The minimum Gasteiger partial charge on any atom is -0.444 e. The van der Waals surface area contributed by atoms with Gasteiger partial charge in [-0.25, -0.2) is 9.18 Å². The van der Waals surface area contributed by atoms with E-state index in [0.717, 1.165) is 0 Å². The number of benzene rings is 1. The molecule has 0 bridgehead atoms. The zero-order valence-electron chi connectivity index (χ0n) is 15.4. The van der Waals surface area contributed by atoms with Gasteiger partial charge in [0.1, 0.15) is 11.4 Å². The number of carbonyl (C=O) groups excluding carboxylic acids is 3. The summed E-state index contributed by atoms with van der Waals surface area (Å²) in [5.74, 6) is -0.937. The van der Waals surface area contributed by atoms with E-state index in [-0.39, 0.29) is 30.6 Å². The largest absolute Gasteiger partial charge is 0.444 e. The molecule has 0 fully saturated rings. The molecule has 0 aromatic heterocycles. The smallest absolute Gasteiger partial charge is 0.408 e. The van der Waals surface area contributed by atoms with Crippen molar-refractivity contribution in [3.8, 4) is 0 Å². The van der Waals surface area contributed by atoms with Gasteiger partial charge in [-0.1, -0.05) is 12.1 Å². The Balaban J connectivity index is 2.10. The molecule has 0 unspecified atom stereocenters. The summed E-state index contributed by atoms with van der Waals surface area (Å²) in [5, 5.41) is 7.68. The number of nitrogens with one attached hydrogen (secondary N) is 3. The average molecular weight is 367 g/mol. The maximum atomic E-state index is 13.0. The zero-order valence-corrected chi connectivity index (χ0v) is 15.4. The van der Waals surface area contributed by atoms with Crippen molar-refractivity contribution in [1.29, 1.82) is 0 Å². The molecule has 0 spiro atoms. The maximum Gasteiger partial charge on any atom is 0.408 e. The van der Waals surface area contributed by atoms with Crippen molar-refractivity contribution >= 4 is 17.9 Å². The summed E-state index contributed by atoms with van der Waals surface area (Å²) >= 11 is 0. The van der Waals surface area contributed by atoms with Gasteiger partial charge in [-0.3, -0.25) is 9.59 Å². The monoisotopic (exact) mass is 367 g/mol. The second kappa shape index (κ2) is 10.4. The Morgan fingerprint density at radius 2 is 1.69 bits per heavy atom. The lowest BCUT2D eigenvalue weighted by molar-refractivity contribution is -0.120. The van der Waals surface area contributed by atoms with E-state index in [9.17, 15) is 18.8 Å². The Morgan fingerprint density at radius 1 is 1.04 bits per heavy atom. The number of rotatable bonds is 8. The van der Waals surface area contributed by atoms with E-state index in [1.807, 2.05) is 0 Å². The first-order valence-electron chi connectivity index (χ1n) is 8.40. The fraction of sp³-hybridized carbons (Fsp3) is 0.500. The molecule has 0 aliphatic rings. The van der Waals surface area contributed by atoms with Crippen LogP contribution in [0.5, 0.6) is 0 Å². The van der Waals surface area contributed by atoms with Crippen LogP contribution in [0.1, 0.15) is 32.8 Å². The van der Waals surface area contributed by atoms with Crippen LogP contribution in [0, 0.1) is 5.82 Å². The normalized spacial score (nSPS) is 10.8. The maximum absolute atomic E-state index is 13.0. The van der Waals surface area contributed by atoms with E-state index in [2.05, 4.69) is 16.0 Å². The summed E-state index contributed by atoms with van der Waals surface area (Å²) in [6.45, 7) is 5.75. The van der Waals surface area contributed by atoms with E-state index in [4.69, 9.17) is 4.74 Å². The molecule has 0 aliphatic heterocycles. The summed E-state index contributed by atoms with van der Waals surface area (Å²) in [6.07, 6.45) is -0.0194. The first-order valence-corrected chi connectivity index (χ1v) is 8.40. The van der Waals surface area contributed by atoms with Gasteiger partial charge in [0.15, 0.2) is 0 Å². The molecule has 144 valence electrons. The highest BCUT2D eigenvalue weighted by Gasteiger charge is 2.16. The molecule has 26 heavy (non-hydrogen) atoms. The Bertz CT molecular complexity index is 629. The highest BCUT2D eigenvalue weighted by atomic mass is 19.1. The molecule has 3 amide bonds. The van der Waals surface area contributed by atoms with Gasteiger partial charge in [0.25, 0.3) is 0 Å². The molecule has 1 aromatic rings. The predicted molar refractivity (Wildman–Crippen MR) is 95.0 cm³/mol. The summed E-state index contributed by atoms with van der Waals surface area (Å²) in [4.78, 5) is 34.7. The number of hydrogen-bond donors (Lipinski definition) is 3. The van der Waals surface area contributed by atoms with E-state index >= 15 is 0 Å². The summed E-state index contributed by atoms with van der Waals surface area (Å²) in [7, 11) is 0. The van der Waals surface area contributed by atoms with Crippen molar-refractivity contribution in [3.05, 3.63) is 35.6 Å². The quantitative estimate of drug-likeness (QED) is 0.607. The molecule has 7 nitrogen and oxygen atoms in total. The van der Waals surface area contributed by atoms with Crippen LogP contribution in [-0.4, -0.2) is 43.1 Å². The fourth-order valence-electron chi connectivity index (χ4n) is 1.97. The number of amides is 3. The van der Waals surface area contributed by atoms with Crippen LogP contribution in [0.25, 0.3) is 0 Å². The Morgan fingerprint density at radius 3 is 2.31 bits per heavy atom. The molecule has 1 aromatic carbocycles. The van der Waals surface area contributed by atoms with Crippen LogP contribution in [-0.2, 0) is 20.7 Å². The van der Waals surface area contributed by atoms with E-state index in [1.54, 1.807) is 32.9 Å². The first-order chi connectivity index (χ1) is 12.2. The van der Waals surface area contributed by atoms with Crippen LogP contribution in [0.3, 0.4) is 0 Å². The molecule has 0 atom stereocenters. The molecule has 0 saturated carbocycles. The highest BCUT2D eigenvalue weighted by Crippen LogP contribution is 2.06. The van der Waals surface area contributed by atoms with Gasteiger partial charge < -0.3 is 20.7 Å². The zero-order chi connectivity index (χ0) is 19.6. The Kier molecular flexibility index (Phi) is 8.54. The Labute approximate surface area is 152 Å². The number of ether oxygens (including phenoxy) is 1. The van der Waals surface area contributed by atoms with Crippen molar-refractivity contribution in [2.45, 2.75) is 39.2 Å². The van der Waals surface area contributed by atoms with Crippen molar-refractivity contribution < 1.29 is 23.5 Å². The summed E-state index contributed by atoms with van der Waals surface area (Å²) in [5.41, 5.74) is -0.0198. The van der Waals surface area contributed by atoms with Gasteiger partial charge in [-0.15, -0.1) is 0 Å². The van der Waals surface area contributed by atoms with E-state index in [0.29, 0.717) is 25.1 Å². The topological polar surface area (TPSA) is 96.5 Å². The molecule has 0 aliphatic carbocycles. The minimum atomic E-state index is -0.655. The third-order valence-electron chi connectivity index (χ3n) is 3.04. The van der Waals surface area contributed by atoms with Gasteiger partial charge in [0, 0.05) is 13.1 Å². The SMILES string of the molecule is CC(C)(C)OC(=O)NCC(=O)NCCCNC(=O)Cc1cccc(F)c1. The summed E-state index contributed by atoms with van der Waals surface area (Å²) in [6, 6.07) is 5.87. The Hall–Kier alpha value is -2.64. The van der Waals surface area contributed by atoms with Crippen molar-refractivity contribution in [2.75, 3.05) is 19.6 Å². The number of alkyl carbamates (subject to hydrolysis) is 1. The molecule has 1 rings (SSSR count). The van der Waals surface area contributed by atoms with Crippen LogP contribution in [0.2, 0.25) is 0 Å². The van der Waals surface area contributed by atoms with Gasteiger partial charge in [-0.05, 0) is 44.9 Å². The molecule has 3 N–H and O–H groups in total. The van der Waals surface area contributed by atoms with Crippen molar-refractivity contribution in [2.24, 2.45) is 0 Å². The van der Waals surface area contributed by atoms with Crippen LogP contribution < -0.4 is 16.0 Å². The summed E-state index contributed by atoms with van der Waals surface area (Å²) < 4.78 is 18.0. The van der Waals surface area contributed by atoms with Crippen LogP contribution >= 0.6 is 0 Å². The number of carbonyl (C=O) groups is 3. The highest BCUT2D eigenvalue weighted by molar-refractivity contribution is 5.82. The molecule has 0 heterocycles. The second-order valence-electron chi connectivity index (χ2n) is 6.72. The lowest BCUT2D eigenvalue weighted by Gasteiger charge is -2.19. The van der Waals surface area contributed by atoms with Crippen LogP contribution in [0.15, 0.2) is 24.3 Å². The third kappa shape index (κ3) is 10.3. The average Bonchev–Trinajstić information content (AvgIpc) is 2.51. The van der Waals surface area contributed by atoms with Gasteiger partial charge >= 0.3 is 6.09 Å². The number of halogens is 1. The molecule has 8 heteroatoms. The fourth-order valence-corrected chi connectivity index (χ4v) is 1.97. The lowest BCUT2D eigenvalue weighted by atomic mass is 10.1. The van der Waals surface area contributed by atoms with Crippen molar-refractivity contribution in [1.82, 2.24) is 16.0 Å². The van der Waals surface area contributed by atoms with Gasteiger partial charge in [0.05, 0.1) is 13.0 Å². The van der Waals surface area contributed by atoms with Gasteiger partial charge in [-0.2, -0.15) is 0 Å². The molecule has 0 radical (unpaired) electrons. The first kappa shape index (κ1) is 21.4. The third-order valence-corrected chi connectivity index (χ3v) is 3.04. The molecular formula is C18H26FN3O4. The lowest BCUT2D eigenvalue weighted by Crippen LogP contribution is -2.40. The van der Waals surface area contributed by atoms with E-state index in [1.165, 1.54) is 12.1 Å². The van der Waals surface area contributed by atoms with Crippen LogP contribution in [0.4, 0.5) is 9.18 Å². The molecular weight excluding hydrogens is 341 g/mol. The standard InChI is InChI=1S/C18H26FN3O4/c1-18(2,3)26-17(25)22-12-16(24)21-9-5-8-20-15(23)11-13-6-4-7-14(19)10-13/h4,6-7,10H,5,8-9,11-12H2,1-3H3,(H,20,23)(H,21,24)(H,22,25). The minimum absolute atomic E-state index is 0.101. The predicted octanol–water partition coefficient (Wildman–Crippen LogP) is 1.52. The van der Waals surface area contributed by atoms with Gasteiger partial charge in [0.2, 0.25) is 11.8 Å².